The highest BCUT2D eigenvalue weighted by Crippen LogP contribution is 2.46. The van der Waals surface area contributed by atoms with Crippen molar-refractivity contribution >= 4 is 12.0 Å². The average Bonchev–Trinajstić information content (AvgIpc) is 3.59. The molecule has 0 saturated heterocycles. The number of hydrogen-bond acceptors (Lipinski definition) is 1. The fraction of sp³-hybridized carbons (Fsp3) is 0.219. The molecule has 2 atom stereocenters. The second-order valence-corrected chi connectivity index (χ2v) is 9.50. The minimum atomic E-state index is 0.203. The summed E-state index contributed by atoms with van der Waals surface area (Å²) in [5.41, 5.74) is 6.55. The second kappa shape index (κ2) is 9.30. The number of benzene rings is 4. The highest BCUT2D eigenvalue weighted by atomic mass is 15.3. The van der Waals surface area contributed by atoms with E-state index in [2.05, 4.69) is 131 Å². The van der Waals surface area contributed by atoms with Crippen LogP contribution < -0.4 is 4.90 Å². The van der Waals surface area contributed by atoms with Crippen molar-refractivity contribution in [1.82, 2.24) is 0 Å². The first-order valence-corrected chi connectivity index (χ1v) is 12.6. The van der Waals surface area contributed by atoms with Crippen LogP contribution in [0.4, 0.5) is 5.69 Å². The molecular formula is C32H31N2+. The molecule has 168 valence electrons. The standard InChI is InChI=1S/C32H31N2/c1-4-14-25(15-5-1)29-22-12-13-23-30(29)34-24-33(28-20-10-11-21-28)31(26-16-6-2-7-17-26)32(34)27-18-8-3-9-19-27/h1-9,12-19,22-24,28,31-32H,10-11,20-21H2/q+1/t31-,32-/m0/s1. The predicted molar refractivity (Wildman–Crippen MR) is 141 cm³/mol. The van der Waals surface area contributed by atoms with Crippen LogP contribution in [-0.2, 0) is 0 Å². The van der Waals surface area contributed by atoms with E-state index in [1.807, 2.05) is 0 Å². The van der Waals surface area contributed by atoms with Crippen molar-refractivity contribution in [3.63, 3.8) is 0 Å². The quantitative estimate of drug-likeness (QED) is 0.287. The molecule has 1 aliphatic carbocycles. The monoisotopic (exact) mass is 443 g/mol. The van der Waals surface area contributed by atoms with E-state index in [1.165, 1.54) is 53.6 Å². The Hall–Kier alpha value is -3.65. The van der Waals surface area contributed by atoms with Crippen molar-refractivity contribution in [1.29, 1.82) is 0 Å². The number of rotatable bonds is 5. The number of anilines is 1. The van der Waals surface area contributed by atoms with E-state index in [9.17, 15) is 0 Å². The molecule has 0 N–H and O–H groups in total. The molecular weight excluding hydrogens is 412 g/mol. The molecule has 34 heavy (non-hydrogen) atoms. The number of nitrogens with zero attached hydrogens (tertiary/aromatic N) is 2. The molecule has 0 amide bonds. The van der Waals surface area contributed by atoms with Gasteiger partial charge in [0.2, 0.25) is 6.34 Å². The largest absolute Gasteiger partial charge is 0.254 e. The summed E-state index contributed by atoms with van der Waals surface area (Å²) < 4.78 is 2.68. The molecule has 0 bridgehead atoms. The molecule has 0 unspecified atom stereocenters. The second-order valence-electron chi connectivity index (χ2n) is 9.50. The SMILES string of the molecule is C1=[N+](C2CCCC2)[C@@H](c2ccccc2)[C@H](c2ccccc2)N1c1ccccc1-c1ccccc1. The highest BCUT2D eigenvalue weighted by Gasteiger charge is 2.48. The molecule has 2 aliphatic rings. The van der Waals surface area contributed by atoms with Gasteiger partial charge in [-0.25, -0.2) is 4.90 Å². The normalized spacial score (nSPS) is 20.5. The summed E-state index contributed by atoms with van der Waals surface area (Å²) in [6.45, 7) is 0. The van der Waals surface area contributed by atoms with Crippen molar-refractivity contribution in [3.05, 3.63) is 126 Å². The van der Waals surface area contributed by atoms with Crippen LogP contribution in [0.5, 0.6) is 0 Å². The van der Waals surface area contributed by atoms with Gasteiger partial charge >= 0.3 is 0 Å². The van der Waals surface area contributed by atoms with Crippen LogP contribution >= 0.6 is 0 Å². The number of hydrogen-bond donors (Lipinski definition) is 0. The molecule has 1 saturated carbocycles. The van der Waals surface area contributed by atoms with Gasteiger partial charge in [-0.1, -0.05) is 109 Å². The number of para-hydroxylation sites is 1. The highest BCUT2D eigenvalue weighted by molar-refractivity contribution is 5.89. The van der Waals surface area contributed by atoms with Gasteiger partial charge in [-0.3, -0.25) is 4.58 Å². The Kier molecular flexibility index (Phi) is 5.73. The van der Waals surface area contributed by atoms with Gasteiger partial charge in [-0.2, -0.15) is 0 Å². The fourth-order valence-corrected chi connectivity index (χ4v) is 5.90. The first kappa shape index (κ1) is 20.9. The zero-order valence-electron chi connectivity index (χ0n) is 19.5. The summed E-state index contributed by atoms with van der Waals surface area (Å²) in [7, 11) is 0. The molecule has 0 radical (unpaired) electrons. The zero-order chi connectivity index (χ0) is 22.7. The van der Waals surface area contributed by atoms with Crippen molar-refractivity contribution in [2.75, 3.05) is 4.90 Å². The van der Waals surface area contributed by atoms with E-state index in [0.717, 1.165) is 0 Å². The third-order valence-electron chi connectivity index (χ3n) is 7.47. The van der Waals surface area contributed by atoms with Gasteiger partial charge in [0.15, 0.2) is 12.1 Å². The van der Waals surface area contributed by atoms with E-state index in [0.29, 0.717) is 6.04 Å². The van der Waals surface area contributed by atoms with Crippen LogP contribution in [0.1, 0.15) is 48.9 Å². The third kappa shape index (κ3) is 3.84. The average molecular weight is 444 g/mol. The van der Waals surface area contributed by atoms with Gasteiger partial charge in [0, 0.05) is 16.7 Å². The molecule has 6 rings (SSSR count). The van der Waals surface area contributed by atoms with Gasteiger partial charge in [-0.05, 0) is 37.3 Å². The summed E-state index contributed by atoms with van der Waals surface area (Å²) in [5, 5.41) is 0. The Morgan fingerprint density at radius 1 is 0.588 bits per heavy atom. The molecule has 0 spiro atoms. The van der Waals surface area contributed by atoms with E-state index in [-0.39, 0.29) is 12.1 Å². The van der Waals surface area contributed by atoms with Crippen molar-refractivity contribution < 1.29 is 4.58 Å². The first-order valence-electron chi connectivity index (χ1n) is 12.6. The molecule has 1 heterocycles. The zero-order valence-corrected chi connectivity index (χ0v) is 19.5. The Morgan fingerprint density at radius 3 is 1.82 bits per heavy atom. The smallest absolute Gasteiger partial charge is 0.240 e. The molecule has 1 aliphatic heterocycles. The van der Waals surface area contributed by atoms with Crippen LogP contribution in [-0.4, -0.2) is 17.0 Å². The maximum absolute atomic E-state index is 2.68. The molecule has 2 heteroatoms. The summed E-state index contributed by atoms with van der Waals surface area (Å²) >= 11 is 0. The molecule has 4 aromatic rings. The van der Waals surface area contributed by atoms with E-state index < -0.39 is 0 Å². The summed E-state index contributed by atoms with van der Waals surface area (Å²) in [4.78, 5) is 2.55. The minimum absolute atomic E-state index is 0.203. The predicted octanol–water partition coefficient (Wildman–Crippen LogP) is 7.64. The Bertz CT molecular complexity index is 1260. The van der Waals surface area contributed by atoms with Crippen LogP contribution in [0, 0.1) is 0 Å². The lowest BCUT2D eigenvalue weighted by Crippen LogP contribution is -2.28. The Morgan fingerprint density at radius 2 is 1.15 bits per heavy atom. The van der Waals surface area contributed by atoms with Gasteiger partial charge in [0.25, 0.3) is 0 Å². The molecule has 4 aromatic carbocycles. The summed E-state index contributed by atoms with van der Waals surface area (Å²) in [6.07, 6.45) is 7.64. The summed E-state index contributed by atoms with van der Waals surface area (Å²) in [5.74, 6) is 0. The van der Waals surface area contributed by atoms with Gasteiger partial charge < -0.3 is 0 Å². The lowest BCUT2D eigenvalue weighted by atomic mass is 9.91. The fourth-order valence-electron chi connectivity index (χ4n) is 5.90. The van der Waals surface area contributed by atoms with E-state index in [4.69, 9.17) is 0 Å². The van der Waals surface area contributed by atoms with Crippen LogP contribution in [0.25, 0.3) is 11.1 Å². The van der Waals surface area contributed by atoms with Crippen molar-refractivity contribution in [3.8, 4) is 11.1 Å². The molecule has 0 aromatic heterocycles. The molecule has 1 fully saturated rings. The maximum Gasteiger partial charge on any atom is 0.240 e. The third-order valence-corrected chi connectivity index (χ3v) is 7.47. The van der Waals surface area contributed by atoms with Crippen LogP contribution in [0.15, 0.2) is 115 Å². The van der Waals surface area contributed by atoms with Crippen molar-refractivity contribution in [2.45, 2.75) is 43.8 Å². The van der Waals surface area contributed by atoms with Gasteiger partial charge in [0.05, 0.1) is 6.04 Å². The lowest BCUT2D eigenvalue weighted by Gasteiger charge is -2.26. The lowest BCUT2D eigenvalue weighted by molar-refractivity contribution is -0.597. The maximum atomic E-state index is 2.68. The summed E-state index contributed by atoms with van der Waals surface area (Å²) in [6, 6.07) is 42.9. The van der Waals surface area contributed by atoms with E-state index >= 15 is 0 Å². The van der Waals surface area contributed by atoms with Gasteiger partial charge in [0.1, 0.15) is 5.69 Å². The van der Waals surface area contributed by atoms with E-state index in [1.54, 1.807) is 0 Å². The first-order chi connectivity index (χ1) is 16.9. The topological polar surface area (TPSA) is 6.25 Å². The molecule has 2 nitrogen and oxygen atoms in total. The van der Waals surface area contributed by atoms with Crippen molar-refractivity contribution in [2.24, 2.45) is 0 Å². The Labute approximate surface area is 202 Å². The van der Waals surface area contributed by atoms with Gasteiger partial charge in [-0.15, -0.1) is 0 Å². The minimum Gasteiger partial charge on any atom is -0.254 e. The van der Waals surface area contributed by atoms with Crippen LogP contribution in [0.2, 0.25) is 0 Å². The van der Waals surface area contributed by atoms with Crippen LogP contribution in [0.3, 0.4) is 0 Å². The Balaban J connectivity index is 1.55.